The van der Waals surface area contributed by atoms with Gasteiger partial charge in [0.05, 0.1) is 18.1 Å². The van der Waals surface area contributed by atoms with E-state index in [0.29, 0.717) is 22.9 Å². The Morgan fingerprint density at radius 1 is 1.03 bits per heavy atom. The van der Waals surface area contributed by atoms with E-state index in [1.807, 2.05) is 30.3 Å². The van der Waals surface area contributed by atoms with Crippen LogP contribution in [-0.2, 0) is 0 Å². The molecule has 0 saturated carbocycles. The smallest absolute Gasteiger partial charge is 0.321 e. The van der Waals surface area contributed by atoms with Crippen LogP contribution in [0.1, 0.15) is 12.8 Å². The van der Waals surface area contributed by atoms with E-state index in [2.05, 4.69) is 20.4 Å². The summed E-state index contributed by atoms with van der Waals surface area (Å²) in [7, 11) is 0. The molecule has 7 nitrogen and oxygen atoms in total. The Labute approximate surface area is 172 Å². The van der Waals surface area contributed by atoms with Crippen LogP contribution in [0.15, 0.2) is 60.9 Å². The summed E-state index contributed by atoms with van der Waals surface area (Å²) in [5.74, 6) is -0.0588. The van der Waals surface area contributed by atoms with Gasteiger partial charge in [-0.2, -0.15) is 5.10 Å². The summed E-state index contributed by atoms with van der Waals surface area (Å²) >= 11 is 0. The number of nitrogens with one attached hydrogen (secondary N) is 1. The highest BCUT2D eigenvalue weighted by molar-refractivity contribution is 5.90. The van der Waals surface area contributed by atoms with Crippen LogP contribution in [-0.4, -0.2) is 43.6 Å². The van der Waals surface area contributed by atoms with Crippen molar-refractivity contribution in [3.63, 3.8) is 0 Å². The fourth-order valence-electron chi connectivity index (χ4n) is 3.58. The second-order valence-electron chi connectivity index (χ2n) is 7.20. The first-order valence-electron chi connectivity index (χ1n) is 9.81. The summed E-state index contributed by atoms with van der Waals surface area (Å²) in [4.78, 5) is 22.8. The molecule has 4 aromatic rings. The molecule has 8 heteroatoms. The largest absolute Gasteiger partial charge is 0.325 e. The number of anilines is 1. The summed E-state index contributed by atoms with van der Waals surface area (Å²) in [5, 5.41) is 7.38. The van der Waals surface area contributed by atoms with Crippen molar-refractivity contribution in [1.29, 1.82) is 0 Å². The van der Waals surface area contributed by atoms with Gasteiger partial charge in [0, 0.05) is 29.9 Å². The van der Waals surface area contributed by atoms with Gasteiger partial charge in [0.1, 0.15) is 11.5 Å². The summed E-state index contributed by atoms with van der Waals surface area (Å²) in [6.45, 7) is 1.49. The van der Waals surface area contributed by atoms with Crippen molar-refractivity contribution in [3.05, 3.63) is 66.7 Å². The number of imidazole rings is 1. The Hall–Kier alpha value is -3.81. The van der Waals surface area contributed by atoms with Gasteiger partial charge in [0.25, 0.3) is 5.78 Å². The van der Waals surface area contributed by atoms with Gasteiger partial charge < -0.3 is 10.2 Å². The van der Waals surface area contributed by atoms with E-state index < -0.39 is 5.82 Å². The molecule has 0 aliphatic carbocycles. The number of urea groups is 1. The van der Waals surface area contributed by atoms with Crippen LogP contribution in [0, 0.1) is 5.82 Å². The molecule has 0 atom stereocenters. The molecule has 0 unspecified atom stereocenters. The molecule has 150 valence electrons. The second kappa shape index (κ2) is 7.55. The Balaban J connectivity index is 1.46. The normalized spacial score (nSPS) is 13.7. The molecule has 2 aromatic carbocycles. The fraction of sp³-hybridized carbons (Fsp3) is 0.182. The minimum atomic E-state index is -0.430. The minimum absolute atomic E-state index is 0.170. The van der Waals surface area contributed by atoms with E-state index in [1.54, 1.807) is 29.4 Å². The topological polar surface area (TPSA) is 75.4 Å². The molecule has 5 rings (SSSR count). The molecule has 30 heavy (non-hydrogen) atoms. The number of carbonyl (C=O) groups excluding carboxylic acids is 1. The zero-order valence-electron chi connectivity index (χ0n) is 16.1. The predicted octanol–water partition coefficient (Wildman–Crippen LogP) is 4.23. The molecule has 0 radical (unpaired) electrons. The number of nitrogens with zero attached hydrogens (tertiary/aromatic N) is 5. The average molecular weight is 402 g/mol. The van der Waals surface area contributed by atoms with E-state index in [1.165, 1.54) is 10.6 Å². The second-order valence-corrected chi connectivity index (χ2v) is 7.20. The van der Waals surface area contributed by atoms with E-state index in [-0.39, 0.29) is 11.6 Å². The number of benzene rings is 2. The van der Waals surface area contributed by atoms with E-state index >= 15 is 0 Å². The SMILES string of the molecule is O=C(Nc1ccc(F)c(-c2cn3nc(-c4ccccc4)cnc3n2)c1)N1CCCC1. The molecule has 1 N–H and O–H groups in total. The molecule has 1 saturated heterocycles. The number of likely N-dealkylation sites (tertiary alicyclic amines) is 1. The number of fused-ring (bicyclic) bond motifs is 1. The average Bonchev–Trinajstić information content (AvgIpc) is 3.45. The number of halogens is 1. The number of aromatic nitrogens is 4. The number of rotatable bonds is 3. The van der Waals surface area contributed by atoms with Crippen LogP contribution in [0.25, 0.3) is 28.3 Å². The number of hydrogen-bond donors (Lipinski definition) is 1. The van der Waals surface area contributed by atoms with Crippen molar-refractivity contribution in [1.82, 2.24) is 24.5 Å². The molecule has 2 amide bonds. The molecular weight excluding hydrogens is 383 g/mol. The third kappa shape index (κ3) is 3.47. The maximum atomic E-state index is 14.6. The van der Waals surface area contributed by atoms with E-state index in [0.717, 1.165) is 31.5 Å². The maximum Gasteiger partial charge on any atom is 0.321 e. The summed E-state index contributed by atoms with van der Waals surface area (Å²) < 4.78 is 16.1. The number of hydrogen-bond acceptors (Lipinski definition) is 4. The minimum Gasteiger partial charge on any atom is -0.325 e. The first-order chi connectivity index (χ1) is 14.7. The van der Waals surface area contributed by atoms with Crippen molar-refractivity contribution in [3.8, 4) is 22.5 Å². The van der Waals surface area contributed by atoms with Crippen molar-refractivity contribution in [2.45, 2.75) is 12.8 Å². The van der Waals surface area contributed by atoms with Crippen LogP contribution in [0.5, 0.6) is 0 Å². The van der Waals surface area contributed by atoms with Crippen LogP contribution < -0.4 is 5.32 Å². The number of amides is 2. The molecule has 0 bridgehead atoms. The van der Waals surface area contributed by atoms with Crippen molar-refractivity contribution in [2.75, 3.05) is 18.4 Å². The summed E-state index contributed by atoms with van der Waals surface area (Å²) in [5.41, 5.74) is 2.82. The van der Waals surface area contributed by atoms with Gasteiger partial charge in [-0.15, -0.1) is 0 Å². The first kappa shape index (κ1) is 18.2. The van der Waals surface area contributed by atoms with Gasteiger partial charge in [0.15, 0.2) is 0 Å². The molecule has 2 aromatic heterocycles. The van der Waals surface area contributed by atoms with Gasteiger partial charge in [-0.25, -0.2) is 23.7 Å². The van der Waals surface area contributed by atoms with Gasteiger partial charge in [-0.05, 0) is 31.0 Å². The third-order valence-electron chi connectivity index (χ3n) is 5.14. The molecule has 3 heterocycles. The lowest BCUT2D eigenvalue weighted by Crippen LogP contribution is -2.32. The van der Waals surface area contributed by atoms with Gasteiger partial charge in [-0.3, -0.25) is 0 Å². The monoisotopic (exact) mass is 402 g/mol. The van der Waals surface area contributed by atoms with Crippen LogP contribution in [0.2, 0.25) is 0 Å². The molecule has 0 spiro atoms. The highest BCUT2D eigenvalue weighted by atomic mass is 19.1. The van der Waals surface area contributed by atoms with Crippen molar-refractivity contribution >= 4 is 17.5 Å². The van der Waals surface area contributed by atoms with Crippen LogP contribution >= 0.6 is 0 Å². The van der Waals surface area contributed by atoms with Gasteiger partial charge in [-0.1, -0.05) is 30.3 Å². The van der Waals surface area contributed by atoms with Gasteiger partial charge in [0.2, 0.25) is 0 Å². The highest BCUT2D eigenvalue weighted by Crippen LogP contribution is 2.26. The molecule has 1 fully saturated rings. The quantitative estimate of drug-likeness (QED) is 0.557. The predicted molar refractivity (Wildman–Crippen MR) is 111 cm³/mol. The zero-order chi connectivity index (χ0) is 20.5. The summed E-state index contributed by atoms with van der Waals surface area (Å²) in [6, 6.07) is 14.0. The van der Waals surface area contributed by atoms with E-state index in [4.69, 9.17) is 0 Å². The lowest BCUT2D eigenvalue weighted by Gasteiger charge is -2.16. The van der Waals surface area contributed by atoms with Crippen LogP contribution in [0.4, 0.5) is 14.9 Å². The number of carbonyl (C=O) groups is 1. The Kier molecular flexibility index (Phi) is 4.59. The van der Waals surface area contributed by atoms with Crippen LogP contribution in [0.3, 0.4) is 0 Å². The Morgan fingerprint density at radius 2 is 1.83 bits per heavy atom. The summed E-state index contributed by atoms with van der Waals surface area (Å²) in [6.07, 6.45) is 5.30. The lowest BCUT2D eigenvalue weighted by molar-refractivity contribution is 0.222. The van der Waals surface area contributed by atoms with Crippen molar-refractivity contribution < 1.29 is 9.18 Å². The van der Waals surface area contributed by atoms with E-state index in [9.17, 15) is 9.18 Å². The lowest BCUT2D eigenvalue weighted by atomic mass is 10.1. The van der Waals surface area contributed by atoms with Crippen molar-refractivity contribution in [2.24, 2.45) is 0 Å². The molecule has 1 aliphatic rings. The fourth-order valence-corrected chi connectivity index (χ4v) is 3.58. The molecule has 1 aliphatic heterocycles. The first-order valence-corrected chi connectivity index (χ1v) is 9.81. The Bertz CT molecular complexity index is 1220. The highest BCUT2D eigenvalue weighted by Gasteiger charge is 2.19. The van der Waals surface area contributed by atoms with Gasteiger partial charge >= 0.3 is 6.03 Å². The maximum absolute atomic E-state index is 14.6. The molecular formula is C22H19FN6O. The third-order valence-corrected chi connectivity index (χ3v) is 5.14. The Morgan fingerprint density at radius 3 is 2.63 bits per heavy atom. The standard InChI is InChI=1S/C22H19FN6O/c23-18-9-8-16(25-22(30)28-10-4-5-11-28)12-17(18)20-14-29-21(26-20)24-13-19(27-29)15-6-2-1-3-7-15/h1-3,6-9,12-14H,4-5,10-11H2,(H,25,30). The zero-order valence-corrected chi connectivity index (χ0v) is 16.1.